The van der Waals surface area contributed by atoms with Crippen LogP contribution in [-0.2, 0) is 11.3 Å². The highest BCUT2D eigenvalue weighted by molar-refractivity contribution is 6.02. The number of para-hydroxylation sites is 1. The Morgan fingerprint density at radius 2 is 1.94 bits per heavy atom. The van der Waals surface area contributed by atoms with E-state index in [0.29, 0.717) is 33.3 Å². The van der Waals surface area contributed by atoms with Gasteiger partial charge in [0.25, 0.3) is 5.56 Å². The molecule has 8 heteroatoms. The fourth-order valence-electron chi connectivity index (χ4n) is 3.51. The van der Waals surface area contributed by atoms with Crippen molar-refractivity contribution in [3.8, 4) is 0 Å². The summed E-state index contributed by atoms with van der Waals surface area (Å²) in [7, 11) is 0. The van der Waals surface area contributed by atoms with Gasteiger partial charge in [0, 0.05) is 11.7 Å². The number of esters is 1. The van der Waals surface area contributed by atoms with E-state index in [1.54, 1.807) is 23.0 Å². The van der Waals surface area contributed by atoms with Crippen molar-refractivity contribution in [1.29, 1.82) is 0 Å². The zero-order valence-electron chi connectivity index (χ0n) is 18.3. The zero-order chi connectivity index (χ0) is 22.3. The number of benzene rings is 1. The molecule has 4 rings (SSSR count). The van der Waals surface area contributed by atoms with Gasteiger partial charge >= 0.3 is 5.97 Å². The molecule has 4 aromatic rings. The van der Waals surface area contributed by atoms with Gasteiger partial charge in [-0.2, -0.15) is 5.10 Å². The number of pyridine rings is 1. The number of H-pyrrole nitrogens is 1. The first-order valence-electron chi connectivity index (χ1n) is 10.3. The summed E-state index contributed by atoms with van der Waals surface area (Å²) in [6, 6.07) is 7.27. The molecule has 3 heterocycles. The van der Waals surface area contributed by atoms with Crippen LogP contribution in [0.2, 0.25) is 0 Å². The molecule has 0 amide bonds. The molecule has 0 unspecified atom stereocenters. The van der Waals surface area contributed by atoms with Crippen LogP contribution in [0.3, 0.4) is 0 Å². The van der Waals surface area contributed by atoms with Crippen LogP contribution in [0.1, 0.15) is 67.1 Å². The van der Waals surface area contributed by atoms with Crippen LogP contribution in [0.15, 0.2) is 35.3 Å². The van der Waals surface area contributed by atoms with Crippen LogP contribution < -0.4 is 5.56 Å². The number of hydrogen-bond acceptors (Lipinski definition) is 6. The fourth-order valence-corrected chi connectivity index (χ4v) is 3.51. The minimum absolute atomic E-state index is 0.103. The molecule has 0 fully saturated rings. The van der Waals surface area contributed by atoms with Gasteiger partial charge < -0.3 is 9.72 Å². The summed E-state index contributed by atoms with van der Waals surface area (Å²) in [4.78, 5) is 37.2. The second-order valence-electron chi connectivity index (χ2n) is 8.23. The molecular formula is C23H25N5O3. The van der Waals surface area contributed by atoms with Gasteiger partial charge in [-0.05, 0) is 44.4 Å². The maximum Gasteiger partial charge on any atom is 0.339 e. The van der Waals surface area contributed by atoms with Crippen LogP contribution >= 0.6 is 0 Å². The fraction of sp³-hybridized carbons (Fsp3) is 0.348. The first-order valence-corrected chi connectivity index (χ1v) is 10.3. The molecule has 0 bridgehead atoms. The molecule has 3 aromatic heterocycles. The SMILES string of the molecule is Cc1cccc2c(=O)[nH]c(COC(=O)c3cc(C(C)C)nc4c3cnn4C(C)C)nc12. The van der Waals surface area contributed by atoms with Gasteiger partial charge in [0.05, 0.1) is 28.0 Å². The van der Waals surface area contributed by atoms with Gasteiger partial charge in [-0.3, -0.25) is 4.79 Å². The van der Waals surface area contributed by atoms with Crippen LogP contribution in [-0.4, -0.2) is 30.7 Å². The molecule has 0 aliphatic heterocycles. The smallest absolute Gasteiger partial charge is 0.339 e. The third kappa shape index (κ3) is 3.81. The van der Waals surface area contributed by atoms with Gasteiger partial charge in [-0.1, -0.05) is 26.0 Å². The quantitative estimate of drug-likeness (QED) is 0.490. The lowest BCUT2D eigenvalue weighted by molar-refractivity contribution is 0.0464. The Kier molecular flexibility index (Phi) is 5.31. The molecule has 1 N–H and O–H groups in total. The van der Waals surface area contributed by atoms with Crippen molar-refractivity contribution >= 4 is 27.9 Å². The number of rotatable bonds is 5. The van der Waals surface area contributed by atoms with E-state index in [0.717, 1.165) is 11.3 Å². The van der Waals surface area contributed by atoms with Gasteiger partial charge in [0.1, 0.15) is 12.4 Å². The minimum atomic E-state index is -0.509. The van der Waals surface area contributed by atoms with Crippen LogP contribution in [0, 0.1) is 6.92 Å². The Morgan fingerprint density at radius 3 is 2.65 bits per heavy atom. The molecule has 0 aliphatic carbocycles. The molecule has 0 aliphatic rings. The van der Waals surface area contributed by atoms with Crippen molar-refractivity contribution in [1.82, 2.24) is 24.7 Å². The Bertz CT molecular complexity index is 1350. The van der Waals surface area contributed by atoms with E-state index in [4.69, 9.17) is 9.72 Å². The first-order chi connectivity index (χ1) is 14.8. The topological polar surface area (TPSA) is 103 Å². The third-order valence-electron chi connectivity index (χ3n) is 5.21. The van der Waals surface area contributed by atoms with Crippen molar-refractivity contribution in [2.24, 2.45) is 0 Å². The molecular weight excluding hydrogens is 394 g/mol. The van der Waals surface area contributed by atoms with Crippen LogP contribution in [0.25, 0.3) is 21.9 Å². The molecule has 0 spiro atoms. The average Bonchev–Trinajstić information content (AvgIpc) is 3.16. The predicted octanol–water partition coefficient (Wildman–Crippen LogP) is 4.04. The monoisotopic (exact) mass is 419 g/mol. The van der Waals surface area contributed by atoms with Gasteiger partial charge in [-0.25, -0.2) is 19.4 Å². The number of fused-ring (bicyclic) bond motifs is 2. The molecule has 1 aromatic carbocycles. The van der Waals surface area contributed by atoms with Gasteiger partial charge in [0.2, 0.25) is 0 Å². The maximum absolute atomic E-state index is 13.0. The first kappa shape index (κ1) is 20.7. The van der Waals surface area contributed by atoms with Gasteiger partial charge in [0.15, 0.2) is 5.65 Å². The predicted molar refractivity (Wildman–Crippen MR) is 118 cm³/mol. The molecule has 0 atom stereocenters. The number of aromatic amines is 1. The van der Waals surface area contributed by atoms with Crippen molar-refractivity contribution in [2.75, 3.05) is 0 Å². The Labute approximate surface area is 179 Å². The van der Waals surface area contributed by atoms with E-state index in [1.165, 1.54) is 0 Å². The Morgan fingerprint density at radius 1 is 1.16 bits per heavy atom. The highest BCUT2D eigenvalue weighted by Crippen LogP contribution is 2.25. The highest BCUT2D eigenvalue weighted by Gasteiger charge is 2.20. The average molecular weight is 419 g/mol. The number of ether oxygens (including phenoxy) is 1. The summed E-state index contributed by atoms with van der Waals surface area (Å²) in [5, 5.41) is 5.54. The summed E-state index contributed by atoms with van der Waals surface area (Å²) in [5.41, 5.74) is 3.07. The Hall–Kier alpha value is -3.55. The lowest BCUT2D eigenvalue weighted by atomic mass is 10.1. The normalized spacial score (nSPS) is 11.7. The van der Waals surface area contributed by atoms with Crippen molar-refractivity contribution in [3.63, 3.8) is 0 Å². The highest BCUT2D eigenvalue weighted by atomic mass is 16.5. The minimum Gasteiger partial charge on any atom is -0.454 e. The number of nitrogens with zero attached hydrogens (tertiary/aromatic N) is 4. The van der Waals surface area contributed by atoms with E-state index in [9.17, 15) is 9.59 Å². The molecule has 0 saturated heterocycles. The lowest BCUT2D eigenvalue weighted by Gasteiger charge is -2.12. The standard InChI is InChI=1S/C23H25N5O3/c1-12(2)18-9-16(17-10-24-28(13(3)4)21(17)25-18)23(30)31-11-19-26-20-14(5)7-6-8-15(20)22(29)27-19/h6-10,12-13H,11H2,1-5H3,(H,26,27,29). The van der Waals surface area contributed by atoms with E-state index in [1.807, 2.05) is 46.8 Å². The number of aryl methyl sites for hydroxylation is 1. The second-order valence-corrected chi connectivity index (χ2v) is 8.23. The van der Waals surface area contributed by atoms with E-state index in [2.05, 4.69) is 15.1 Å². The number of nitrogens with one attached hydrogen (secondary N) is 1. The number of carbonyl (C=O) groups excluding carboxylic acids is 1. The van der Waals surface area contributed by atoms with E-state index >= 15 is 0 Å². The number of hydrogen-bond donors (Lipinski definition) is 1. The van der Waals surface area contributed by atoms with Crippen LogP contribution in [0.4, 0.5) is 0 Å². The summed E-state index contributed by atoms with van der Waals surface area (Å²) in [6.07, 6.45) is 1.64. The summed E-state index contributed by atoms with van der Waals surface area (Å²) in [6.45, 7) is 9.81. The van der Waals surface area contributed by atoms with Crippen molar-refractivity contribution < 1.29 is 9.53 Å². The largest absolute Gasteiger partial charge is 0.454 e. The lowest BCUT2D eigenvalue weighted by Crippen LogP contribution is -2.15. The number of aromatic nitrogens is 5. The van der Waals surface area contributed by atoms with Crippen molar-refractivity contribution in [2.45, 2.75) is 53.2 Å². The summed E-state index contributed by atoms with van der Waals surface area (Å²) < 4.78 is 7.33. The van der Waals surface area contributed by atoms with Crippen LogP contribution in [0.5, 0.6) is 0 Å². The molecule has 160 valence electrons. The van der Waals surface area contributed by atoms with E-state index in [-0.39, 0.29) is 24.1 Å². The van der Waals surface area contributed by atoms with Gasteiger partial charge in [-0.15, -0.1) is 0 Å². The molecule has 31 heavy (non-hydrogen) atoms. The summed E-state index contributed by atoms with van der Waals surface area (Å²) in [5.74, 6) is -0.0782. The van der Waals surface area contributed by atoms with E-state index < -0.39 is 5.97 Å². The second kappa shape index (κ2) is 7.94. The number of carbonyl (C=O) groups is 1. The molecule has 0 radical (unpaired) electrons. The zero-order valence-corrected chi connectivity index (χ0v) is 18.3. The maximum atomic E-state index is 13.0. The Balaban J connectivity index is 1.68. The molecule has 8 nitrogen and oxygen atoms in total. The third-order valence-corrected chi connectivity index (χ3v) is 5.21. The van der Waals surface area contributed by atoms with Crippen molar-refractivity contribution in [3.05, 3.63) is 63.5 Å². The summed E-state index contributed by atoms with van der Waals surface area (Å²) >= 11 is 0. The molecule has 0 saturated carbocycles.